The van der Waals surface area contributed by atoms with E-state index < -0.39 is 0 Å². The van der Waals surface area contributed by atoms with Crippen LogP contribution in [0.2, 0.25) is 0 Å². The van der Waals surface area contributed by atoms with Crippen molar-refractivity contribution in [3.05, 3.63) is 41.2 Å². The lowest BCUT2D eigenvalue weighted by molar-refractivity contribution is 0.398. The van der Waals surface area contributed by atoms with E-state index in [2.05, 4.69) is 79.7 Å². The largest absolute Gasteiger partial charge is 0.303 e. The molecule has 1 aromatic carbocycles. The molecule has 0 aliphatic rings. The van der Waals surface area contributed by atoms with Gasteiger partial charge in [-0.15, -0.1) is 5.10 Å². The molecule has 0 bridgehead atoms. The van der Waals surface area contributed by atoms with Gasteiger partial charge in [0.1, 0.15) is 0 Å². The summed E-state index contributed by atoms with van der Waals surface area (Å²) in [6.07, 6.45) is 2.20. The highest BCUT2D eigenvalue weighted by Crippen LogP contribution is 2.25. The maximum absolute atomic E-state index is 4.15. The van der Waals surface area contributed by atoms with E-state index in [1.807, 2.05) is 4.68 Å². The predicted molar refractivity (Wildman–Crippen MR) is 97.7 cm³/mol. The predicted octanol–water partition coefficient (Wildman–Crippen LogP) is 4.08. The van der Waals surface area contributed by atoms with Crippen molar-refractivity contribution in [2.75, 3.05) is 0 Å². The van der Waals surface area contributed by atoms with E-state index in [4.69, 9.17) is 0 Å². The third-order valence-electron chi connectivity index (χ3n) is 4.67. The molecule has 1 heterocycles. The van der Waals surface area contributed by atoms with Crippen LogP contribution in [0, 0.1) is 5.92 Å². The van der Waals surface area contributed by atoms with Crippen LogP contribution in [0.1, 0.15) is 76.4 Å². The molecule has 1 aromatic heterocycles. The first kappa shape index (κ1) is 18.6. The summed E-state index contributed by atoms with van der Waals surface area (Å²) in [6.45, 7) is 12.7. The molecule has 5 nitrogen and oxygen atoms in total. The first-order valence-corrected chi connectivity index (χ1v) is 9.15. The van der Waals surface area contributed by atoms with E-state index >= 15 is 0 Å². The summed E-state index contributed by atoms with van der Waals surface area (Å²) in [6, 6.07) is 9.34. The summed E-state index contributed by atoms with van der Waals surface area (Å²) in [5, 5.41) is 15.6. The van der Waals surface area contributed by atoms with Gasteiger partial charge >= 0.3 is 0 Å². The molecule has 2 atom stereocenters. The third kappa shape index (κ3) is 4.63. The highest BCUT2D eigenvalue weighted by atomic mass is 15.5. The zero-order valence-electron chi connectivity index (χ0n) is 15.7. The molecule has 0 radical (unpaired) electrons. The third-order valence-corrected chi connectivity index (χ3v) is 4.67. The molecule has 2 unspecified atom stereocenters. The molecule has 1 N–H and O–H groups in total. The lowest BCUT2D eigenvalue weighted by Crippen LogP contribution is -2.27. The minimum absolute atomic E-state index is 0.294. The van der Waals surface area contributed by atoms with Crippen molar-refractivity contribution in [2.45, 2.75) is 72.5 Å². The number of hydrogen-bond donors (Lipinski definition) is 1. The Balaban J connectivity index is 2.07. The van der Waals surface area contributed by atoms with Crippen LogP contribution in [0.5, 0.6) is 0 Å². The van der Waals surface area contributed by atoms with Gasteiger partial charge in [-0.2, -0.15) is 0 Å². The van der Waals surface area contributed by atoms with Crippen LogP contribution in [-0.2, 0) is 13.1 Å². The number of nitrogens with one attached hydrogen (secondary N) is 1. The SMILES string of the molecule is CCCn1nnnc1CNC(c1ccc(C(C)CC)cc1)C(C)C. The Labute approximate surface area is 145 Å². The summed E-state index contributed by atoms with van der Waals surface area (Å²) in [5.74, 6) is 2.01. The molecule has 0 saturated carbocycles. The van der Waals surface area contributed by atoms with E-state index in [0.29, 0.717) is 24.4 Å². The summed E-state index contributed by atoms with van der Waals surface area (Å²) in [7, 11) is 0. The van der Waals surface area contributed by atoms with Crippen LogP contribution in [0.4, 0.5) is 0 Å². The van der Waals surface area contributed by atoms with Crippen LogP contribution < -0.4 is 5.32 Å². The molecule has 0 spiro atoms. The molecule has 2 aromatic rings. The lowest BCUT2D eigenvalue weighted by atomic mass is 9.92. The van der Waals surface area contributed by atoms with Crippen LogP contribution >= 0.6 is 0 Å². The van der Waals surface area contributed by atoms with Crippen molar-refractivity contribution in [1.82, 2.24) is 25.5 Å². The molecule has 5 heteroatoms. The maximum Gasteiger partial charge on any atom is 0.165 e. The van der Waals surface area contributed by atoms with Crippen LogP contribution in [0.15, 0.2) is 24.3 Å². The Morgan fingerprint density at radius 2 is 1.71 bits per heavy atom. The fourth-order valence-corrected chi connectivity index (χ4v) is 2.94. The normalized spacial score (nSPS) is 14.1. The average Bonchev–Trinajstić information content (AvgIpc) is 3.02. The van der Waals surface area contributed by atoms with Gasteiger partial charge in [0, 0.05) is 12.6 Å². The first-order chi connectivity index (χ1) is 11.6. The van der Waals surface area contributed by atoms with Gasteiger partial charge in [0.15, 0.2) is 5.82 Å². The van der Waals surface area contributed by atoms with Gasteiger partial charge < -0.3 is 5.32 Å². The topological polar surface area (TPSA) is 55.6 Å². The van der Waals surface area contributed by atoms with Crippen molar-refractivity contribution in [3.8, 4) is 0 Å². The van der Waals surface area contributed by atoms with Crippen molar-refractivity contribution in [2.24, 2.45) is 5.92 Å². The van der Waals surface area contributed by atoms with Gasteiger partial charge in [0.25, 0.3) is 0 Å². The average molecular weight is 329 g/mol. The Morgan fingerprint density at radius 3 is 2.29 bits per heavy atom. The second kappa shape index (κ2) is 8.92. The fraction of sp³-hybridized carbons (Fsp3) is 0.632. The van der Waals surface area contributed by atoms with Gasteiger partial charge in [-0.1, -0.05) is 58.9 Å². The molecular formula is C19H31N5. The van der Waals surface area contributed by atoms with Gasteiger partial charge in [0.2, 0.25) is 0 Å². The Bertz CT molecular complexity index is 602. The van der Waals surface area contributed by atoms with E-state index in [1.54, 1.807) is 0 Å². The van der Waals surface area contributed by atoms with Crippen LogP contribution in [0.25, 0.3) is 0 Å². The van der Waals surface area contributed by atoms with Crippen molar-refractivity contribution in [3.63, 3.8) is 0 Å². The Morgan fingerprint density at radius 1 is 1.04 bits per heavy atom. The molecule has 0 fully saturated rings. The quantitative estimate of drug-likeness (QED) is 0.753. The molecule has 0 aliphatic carbocycles. The van der Waals surface area contributed by atoms with Crippen LogP contribution in [0.3, 0.4) is 0 Å². The van der Waals surface area contributed by atoms with Gasteiger partial charge in [0.05, 0.1) is 6.54 Å². The molecule has 132 valence electrons. The number of aromatic nitrogens is 4. The second-order valence-electron chi connectivity index (χ2n) is 6.90. The van der Waals surface area contributed by atoms with E-state index in [0.717, 1.165) is 18.8 Å². The fourth-order valence-electron chi connectivity index (χ4n) is 2.94. The highest BCUT2D eigenvalue weighted by Gasteiger charge is 2.17. The lowest BCUT2D eigenvalue weighted by Gasteiger charge is -2.23. The minimum atomic E-state index is 0.294. The van der Waals surface area contributed by atoms with E-state index in [9.17, 15) is 0 Å². The number of nitrogens with zero attached hydrogens (tertiary/aromatic N) is 4. The molecule has 0 amide bonds. The number of aryl methyl sites for hydroxylation is 1. The van der Waals surface area contributed by atoms with Crippen LogP contribution in [-0.4, -0.2) is 20.2 Å². The van der Waals surface area contributed by atoms with Crippen molar-refractivity contribution in [1.29, 1.82) is 0 Å². The van der Waals surface area contributed by atoms with Gasteiger partial charge in [-0.3, -0.25) is 0 Å². The van der Waals surface area contributed by atoms with Gasteiger partial charge in [-0.05, 0) is 46.2 Å². The zero-order chi connectivity index (χ0) is 17.5. The number of hydrogen-bond acceptors (Lipinski definition) is 4. The van der Waals surface area contributed by atoms with Crippen molar-refractivity contribution >= 4 is 0 Å². The summed E-state index contributed by atoms with van der Waals surface area (Å²) >= 11 is 0. The monoisotopic (exact) mass is 329 g/mol. The first-order valence-electron chi connectivity index (χ1n) is 9.15. The zero-order valence-corrected chi connectivity index (χ0v) is 15.7. The minimum Gasteiger partial charge on any atom is -0.303 e. The van der Waals surface area contributed by atoms with E-state index in [-0.39, 0.29) is 0 Å². The molecule has 2 rings (SSSR count). The molecule has 0 aliphatic heterocycles. The Kier molecular flexibility index (Phi) is 6.91. The summed E-state index contributed by atoms with van der Waals surface area (Å²) in [5.41, 5.74) is 2.74. The standard InChI is InChI=1S/C19H31N5/c1-6-12-24-18(21-22-23-24)13-20-19(14(3)4)17-10-8-16(9-11-17)15(5)7-2/h8-11,14-15,19-20H,6-7,12-13H2,1-5H3. The maximum atomic E-state index is 4.15. The molecular weight excluding hydrogens is 298 g/mol. The smallest absolute Gasteiger partial charge is 0.165 e. The number of rotatable bonds is 9. The molecule has 24 heavy (non-hydrogen) atoms. The number of benzene rings is 1. The summed E-state index contributed by atoms with van der Waals surface area (Å²) < 4.78 is 1.89. The Hall–Kier alpha value is -1.75. The van der Waals surface area contributed by atoms with Crippen molar-refractivity contribution < 1.29 is 0 Å². The highest BCUT2D eigenvalue weighted by molar-refractivity contribution is 5.27. The summed E-state index contributed by atoms with van der Waals surface area (Å²) in [4.78, 5) is 0. The molecule has 0 saturated heterocycles. The van der Waals surface area contributed by atoms with Gasteiger partial charge in [-0.25, -0.2) is 4.68 Å². The van der Waals surface area contributed by atoms with E-state index in [1.165, 1.54) is 17.5 Å². The second-order valence-corrected chi connectivity index (χ2v) is 6.90. The number of tetrazole rings is 1.